The van der Waals surface area contributed by atoms with Crippen molar-refractivity contribution in [3.8, 4) is 0 Å². The summed E-state index contributed by atoms with van der Waals surface area (Å²) in [5.41, 5.74) is 0. The molecule has 8 heteroatoms. The average molecular weight is 356 g/mol. The van der Waals surface area contributed by atoms with E-state index in [4.69, 9.17) is 5.11 Å². The van der Waals surface area contributed by atoms with Gasteiger partial charge in [-0.3, -0.25) is 14.4 Å². The average Bonchev–Trinajstić information content (AvgIpc) is 3.00. The highest BCUT2D eigenvalue weighted by Gasteiger charge is 2.30. The van der Waals surface area contributed by atoms with Crippen molar-refractivity contribution in [3.63, 3.8) is 0 Å². The summed E-state index contributed by atoms with van der Waals surface area (Å²) in [6, 6.07) is 3.13. The van der Waals surface area contributed by atoms with Gasteiger partial charge in [-0.2, -0.15) is 11.8 Å². The first-order valence-corrected chi connectivity index (χ1v) is 9.40. The number of nitrogens with zero attached hydrogens (tertiary/aromatic N) is 1. The van der Waals surface area contributed by atoms with Crippen LogP contribution < -0.4 is 5.32 Å². The van der Waals surface area contributed by atoms with E-state index in [0.717, 1.165) is 10.6 Å². The SMILES string of the molecule is CC(=O)NC(CC(=O)N1CCSCC1CC(=O)O)c1cccs1. The Hall–Kier alpha value is -1.54. The standard InChI is InChI=1S/C15H20N2O4S2/c1-10(18)16-12(13-3-2-5-23-13)8-14(19)17-4-6-22-9-11(17)7-15(20)21/h2-3,5,11-12H,4,6-9H2,1H3,(H,16,18)(H,20,21). The molecular weight excluding hydrogens is 336 g/mol. The summed E-state index contributed by atoms with van der Waals surface area (Å²) in [6.07, 6.45) is 0.115. The molecule has 2 unspecified atom stereocenters. The summed E-state index contributed by atoms with van der Waals surface area (Å²) >= 11 is 3.16. The fraction of sp³-hybridized carbons (Fsp3) is 0.533. The van der Waals surface area contributed by atoms with Gasteiger partial charge in [-0.1, -0.05) is 6.07 Å². The summed E-state index contributed by atoms with van der Waals surface area (Å²) in [7, 11) is 0. The van der Waals surface area contributed by atoms with Crippen LogP contribution in [0, 0.1) is 0 Å². The van der Waals surface area contributed by atoms with Crippen molar-refractivity contribution >= 4 is 40.9 Å². The van der Waals surface area contributed by atoms with E-state index in [-0.39, 0.29) is 36.7 Å². The second-order valence-electron chi connectivity index (χ2n) is 5.39. The van der Waals surface area contributed by atoms with E-state index >= 15 is 0 Å². The van der Waals surface area contributed by atoms with Gasteiger partial charge in [0.2, 0.25) is 11.8 Å². The molecule has 6 nitrogen and oxygen atoms in total. The molecule has 2 amide bonds. The van der Waals surface area contributed by atoms with Crippen LogP contribution in [0.5, 0.6) is 0 Å². The Morgan fingerprint density at radius 1 is 1.48 bits per heavy atom. The predicted octanol–water partition coefficient (Wildman–Crippen LogP) is 1.73. The van der Waals surface area contributed by atoms with E-state index in [9.17, 15) is 14.4 Å². The Morgan fingerprint density at radius 3 is 2.87 bits per heavy atom. The minimum atomic E-state index is -0.896. The van der Waals surface area contributed by atoms with Gasteiger partial charge < -0.3 is 15.3 Å². The highest BCUT2D eigenvalue weighted by Crippen LogP contribution is 2.26. The van der Waals surface area contributed by atoms with Crippen LogP contribution in [0.25, 0.3) is 0 Å². The first-order chi connectivity index (χ1) is 11.0. The van der Waals surface area contributed by atoms with Crippen LogP contribution in [0.1, 0.15) is 30.7 Å². The molecule has 0 aliphatic carbocycles. The molecule has 1 aliphatic heterocycles. The Bertz CT molecular complexity index is 562. The molecule has 2 atom stereocenters. The first kappa shape index (κ1) is 17.8. The van der Waals surface area contributed by atoms with E-state index < -0.39 is 5.97 Å². The molecule has 1 saturated heterocycles. The molecule has 1 fully saturated rings. The maximum absolute atomic E-state index is 12.7. The molecule has 2 N–H and O–H groups in total. The third-order valence-electron chi connectivity index (χ3n) is 3.60. The first-order valence-electron chi connectivity index (χ1n) is 7.37. The summed E-state index contributed by atoms with van der Waals surface area (Å²) in [6.45, 7) is 1.98. The number of thiophene rings is 1. The van der Waals surface area contributed by atoms with Crippen molar-refractivity contribution in [2.24, 2.45) is 0 Å². The van der Waals surface area contributed by atoms with Crippen LogP contribution in [-0.4, -0.2) is 51.9 Å². The minimum absolute atomic E-state index is 0.0391. The zero-order valence-electron chi connectivity index (χ0n) is 12.9. The second-order valence-corrected chi connectivity index (χ2v) is 7.52. The number of hydrogen-bond acceptors (Lipinski definition) is 5. The van der Waals surface area contributed by atoms with Crippen molar-refractivity contribution < 1.29 is 19.5 Å². The van der Waals surface area contributed by atoms with Gasteiger partial charge in [0.25, 0.3) is 0 Å². The lowest BCUT2D eigenvalue weighted by Gasteiger charge is -2.35. The molecule has 1 aliphatic rings. The number of amides is 2. The van der Waals surface area contributed by atoms with Crippen molar-refractivity contribution in [3.05, 3.63) is 22.4 Å². The topological polar surface area (TPSA) is 86.7 Å². The zero-order valence-corrected chi connectivity index (χ0v) is 14.5. The van der Waals surface area contributed by atoms with Gasteiger partial charge in [0, 0.05) is 29.9 Å². The van der Waals surface area contributed by atoms with Crippen molar-refractivity contribution in [1.82, 2.24) is 10.2 Å². The molecule has 1 aromatic heterocycles. The van der Waals surface area contributed by atoms with E-state index in [1.54, 1.807) is 16.7 Å². The van der Waals surface area contributed by atoms with Gasteiger partial charge >= 0.3 is 5.97 Å². The molecule has 0 saturated carbocycles. The van der Waals surface area contributed by atoms with Gasteiger partial charge in [0.05, 0.1) is 24.9 Å². The second kappa shape index (κ2) is 8.35. The Labute approximate surface area is 143 Å². The fourth-order valence-electron chi connectivity index (χ4n) is 2.60. The van der Waals surface area contributed by atoms with Crippen molar-refractivity contribution in [1.29, 1.82) is 0 Å². The highest BCUT2D eigenvalue weighted by atomic mass is 32.2. The monoisotopic (exact) mass is 356 g/mol. The summed E-state index contributed by atoms with van der Waals surface area (Å²) < 4.78 is 0. The van der Waals surface area contributed by atoms with Crippen LogP contribution in [0.4, 0.5) is 0 Å². The number of carboxylic acid groups (broad SMARTS) is 1. The molecule has 2 heterocycles. The van der Waals surface area contributed by atoms with Crippen LogP contribution in [0.15, 0.2) is 17.5 Å². The fourth-order valence-corrected chi connectivity index (χ4v) is 4.44. The smallest absolute Gasteiger partial charge is 0.305 e. The number of carboxylic acids is 1. The lowest BCUT2D eigenvalue weighted by molar-refractivity contribution is -0.140. The van der Waals surface area contributed by atoms with Crippen LogP contribution in [-0.2, 0) is 14.4 Å². The lowest BCUT2D eigenvalue weighted by Crippen LogP contribution is -2.48. The molecule has 0 bridgehead atoms. The van der Waals surface area contributed by atoms with Gasteiger partial charge in [-0.05, 0) is 11.4 Å². The maximum Gasteiger partial charge on any atom is 0.305 e. The number of aliphatic carboxylic acids is 1. The quantitative estimate of drug-likeness (QED) is 0.811. The largest absolute Gasteiger partial charge is 0.481 e. The van der Waals surface area contributed by atoms with E-state index in [0.29, 0.717) is 12.3 Å². The third kappa shape index (κ3) is 5.24. The van der Waals surface area contributed by atoms with E-state index in [2.05, 4.69) is 5.32 Å². The highest BCUT2D eigenvalue weighted by molar-refractivity contribution is 7.99. The minimum Gasteiger partial charge on any atom is -0.481 e. The zero-order chi connectivity index (χ0) is 16.8. The van der Waals surface area contributed by atoms with Crippen LogP contribution in [0.2, 0.25) is 0 Å². The Balaban J connectivity index is 2.07. The number of thioether (sulfide) groups is 1. The molecule has 0 radical (unpaired) electrons. The Kier molecular flexibility index (Phi) is 6.47. The van der Waals surface area contributed by atoms with Gasteiger partial charge in [-0.15, -0.1) is 11.3 Å². The van der Waals surface area contributed by atoms with Crippen LogP contribution >= 0.6 is 23.1 Å². The molecule has 1 aromatic rings. The summed E-state index contributed by atoms with van der Waals surface area (Å²) in [5, 5.41) is 13.7. The van der Waals surface area contributed by atoms with E-state index in [1.807, 2.05) is 17.5 Å². The van der Waals surface area contributed by atoms with Gasteiger partial charge in [-0.25, -0.2) is 0 Å². The Morgan fingerprint density at radius 2 is 2.26 bits per heavy atom. The maximum atomic E-state index is 12.7. The number of carbonyl (C=O) groups is 3. The van der Waals surface area contributed by atoms with Crippen molar-refractivity contribution in [2.75, 3.05) is 18.1 Å². The lowest BCUT2D eigenvalue weighted by atomic mass is 10.1. The van der Waals surface area contributed by atoms with Gasteiger partial charge in [0.1, 0.15) is 0 Å². The molecule has 126 valence electrons. The molecular formula is C15H20N2O4S2. The number of nitrogens with one attached hydrogen (secondary N) is 1. The molecule has 23 heavy (non-hydrogen) atoms. The summed E-state index contributed by atoms with van der Waals surface area (Å²) in [4.78, 5) is 37.6. The molecule has 0 aromatic carbocycles. The van der Waals surface area contributed by atoms with Crippen molar-refractivity contribution in [2.45, 2.75) is 31.8 Å². The van der Waals surface area contributed by atoms with Gasteiger partial charge in [0.15, 0.2) is 0 Å². The number of carbonyl (C=O) groups excluding carboxylic acids is 2. The molecule has 2 rings (SSSR count). The molecule has 0 spiro atoms. The third-order valence-corrected chi connectivity index (χ3v) is 5.68. The number of rotatable bonds is 6. The summed E-state index contributed by atoms with van der Waals surface area (Å²) in [5.74, 6) is 0.260. The normalized spacial score (nSPS) is 19.2. The van der Waals surface area contributed by atoms with E-state index in [1.165, 1.54) is 18.3 Å². The predicted molar refractivity (Wildman–Crippen MR) is 90.6 cm³/mol. The van der Waals surface area contributed by atoms with Crippen LogP contribution in [0.3, 0.4) is 0 Å². The number of hydrogen-bond donors (Lipinski definition) is 2.